The first-order chi connectivity index (χ1) is 12.8. The lowest BCUT2D eigenvalue weighted by molar-refractivity contribution is 0.0491. The Bertz CT molecular complexity index is 1080. The Morgan fingerprint density at radius 1 is 1.30 bits per heavy atom. The number of fused-ring (bicyclic) bond motifs is 1. The molecule has 0 spiro atoms. The van der Waals surface area contributed by atoms with Gasteiger partial charge in [0.05, 0.1) is 15.3 Å². The summed E-state index contributed by atoms with van der Waals surface area (Å²) in [5.74, 6) is -0.464. The van der Waals surface area contributed by atoms with Gasteiger partial charge in [-0.25, -0.2) is 17.9 Å². The smallest absolute Gasteiger partial charge is 0.374 e. The molecule has 144 valence electrons. The van der Waals surface area contributed by atoms with Crippen molar-refractivity contribution in [2.24, 2.45) is 0 Å². The molecule has 0 unspecified atom stereocenters. The van der Waals surface area contributed by atoms with E-state index >= 15 is 0 Å². The molecule has 0 radical (unpaired) electrons. The van der Waals surface area contributed by atoms with E-state index in [1.165, 1.54) is 12.1 Å². The zero-order valence-electron chi connectivity index (χ0n) is 14.7. The Balaban J connectivity index is 1.80. The number of sulfonamides is 1. The molecule has 0 aliphatic rings. The van der Waals surface area contributed by atoms with E-state index in [2.05, 4.69) is 20.7 Å². The van der Waals surface area contributed by atoms with Crippen LogP contribution in [0.3, 0.4) is 0 Å². The number of rotatable bonds is 7. The first kappa shape index (κ1) is 20.1. The minimum absolute atomic E-state index is 0.0950. The van der Waals surface area contributed by atoms with E-state index in [0.29, 0.717) is 29.5 Å². The Hall–Kier alpha value is -1.68. The van der Waals surface area contributed by atoms with Crippen LogP contribution in [-0.2, 0) is 21.2 Å². The van der Waals surface area contributed by atoms with Gasteiger partial charge in [0.25, 0.3) is 0 Å². The molecule has 0 saturated heterocycles. The van der Waals surface area contributed by atoms with Gasteiger partial charge < -0.3 is 9.15 Å². The van der Waals surface area contributed by atoms with Crippen LogP contribution in [0.4, 0.5) is 0 Å². The van der Waals surface area contributed by atoms with Gasteiger partial charge in [0.2, 0.25) is 15.8 Å². The maximum Gasteiger partial charge on any atom is 0.374 e. The first-order valence-electron chi connectivity index (χ1n) is 8.26. The van der Waals surface area contributed by atoms with Crippen LogP contribution in [0.5, 0.6) is 0 Å². The van der Waals surface area contributed by atoms with Gasteiger partial charge in [-0.05, 0) is 66.5 Å². The number of thiophene rings is 1. The van der Waals surface area contributed by atoms with Crippen LogP contribution in [0.2, 0.25) is 0 Å². The first-order valence-corrected chi connectivity index (χ1v) is 11.3. The maximum atomic E-state index is 12.6. The van der Waals surface area contributed by atoms with Gasteiger partial charge in [-0.15, -0.1) is 11.3 Å². The van der Waals surface area contributed by atoms with Crippen molar-refractivity contribution >= 4 is 54.2 Å². The summed E-state index contributed by atoms with van der Waals surface area (Å²) in [5.41, 5.74) is 1.00. The number of halogens is 1. The molecular formula is C18H18BrNO5S2. The standard InChI is InChI=1S/C18H18BrNO5S2/c1-3-24-18(21)17-11(2)14-10-13(5-6-15(14)25-17)27(22,23)20-9-8-12-4-7-16(19)26-12/h4-7,10,20H,3,8-9H2,1-2H3. The molecule has 0 fully saturated rings. The highest BCUT2D eigenvalue weighted by Crippen LogP contribution is 2.28. The second kappa shape index (κ2) is 8.14. The molecule has 0 aliphatic heterocycles. The molecule has 27 heavy (non-hydrogen) atoms. The van der Waals surface area contributed by atoms with Gasteiger partial charge in [0.15, 0.2) is 0 Å². The van der Waals surface area contributed by atoms with E-state index < -0.39 is 16.0 Å². The van der Waals surface area contributed by atoms with Gasteiger partial charge in [0.1, 0.15) is 5.58 Å². The summed E-state index contributed by atoms with van der Waals surface area (Å²) in [4.78, 5) is 13.2. The predicted octanol–water partition coefficient (Wildman–Crippen LogP) is 4.26. The lowest BCUT2D eigenvalue weighted by Gasteiger charge is -2.06. The van der Waals surface area contributed by atoms with Crippen LogP contribution in [0, 0.1) is 6.92 Å². The van der Waals surface area contributed by atoms with Gasteiger partial charge in [-0.2, -0.15) is 0 Å². The lowest BCUT2D eigenvalue weighted by atomic mass is 10.1. The van der Waals surface area contributed by atoms with Crippen LogP contribution in [-0.4, -0.2) is 27.5 Å². The molecule has 0 amide bonds. The third-order valence-corrected chi connectivity index (χ3v) is 7.11. The number of benzene rings is 1. The minimum Gasteiger partial charge on any atom is -0.460 e. The summed E-state index contributed by atoms with van der Waals surface area (Å²) in [6, 6.07) is 8.42. The van der Waals surface area contributed by atoms with Crippen molar-refractivity contribution < 1.29 is 22.4 Å². The molecular weight excluding hydrogens is 454 g/mol. The average Bonchev–Trinajstić information content (AvgIpc) is 3.18. The number of nitrogens with one attached hydrogen (secondary N) is 1. The molecule has 0 aliphatic carbocycles. The number of hydrogen-bond acceptors (Lipinski definition) is 6. The van der Waals surface area contributed by atoms with Gasteiger partial charge in [-0.1, -0.05) is 0 Å². The molecule has 6 nitrogen and oxygen atoms in total. The molecule has 0 atom stereocenters. The van der Waals surface area contributed by atoms with Crippen molar-refractivity contribution in [3.63, 3.8) is 0 Å². The molecule has 0 saturated carbocycles. The van der Waals surface area contributed by atoms with E-state index in [9.17, 15) is 13.2 Å². The summed E-state index contributed by atoms with van der Waals surface area (Å²) >= 11 is 4.96. The van der Waals surface area contributed by atoms with Crippen molar-refractivity contribution in [2.45, 2.75) is 25.2 Å². The fourth-order valence-corrected chi connectivity index (χ4v) is 5.18. The monoisotopic (exact) mass is 471 g/mol. The molecule has 9 heteroatoms. The van der Waals surface area contributed by atoms with Crippen LogP contribution >= 0.6 is 27.3 Å². The Kier molecular flexibility index (Phi) is 6.05. The number of aryl methyl sites for hydroxylation is 1. The molecule has 1 N–H and O–H groups in total. The highest BCUT2D eigenvalue weighted by Gasteiger charge is 2.21. The second-order valence-corrected chi connectivity index (χ2v) is 10.1. The molecule has 1 aromatic carbocycles. The van der Waals surface area contributed by atoms with Crippen LogP contribution in [0.1, 0.15) is 27.9 Å². The van der Waals surface area contributed by atoms with Gasteiger partial charge >= 0.3 is 5.97 Å². The van der Waals surface area contributed by atoms with E-state index in [0.717, 1.165) is 8.66 Å². The molecule has 0 bridgehead atoms. The highest BCUT2D eigenvalue weighted by atomic mass is 79.9. The summed E-state index contributed by atoms with van der Waals surface area (Å²) in [6.45, 7) is 3.95. The molecule has 3 rings (SSSR count). The van der Waals surface area contributed by atoms with E-state index in [1.807, 2.05) is 12.1 Å². The minimum atomic E-state index is -3.67. The number of carbonyl (C=O) groups excluding carboxylic acids is 1. The maximum absolute atomic E-state index is 12.6. The van der Waals surface area contributed by atoms with Gasteiger partial charge in [-0.3, -0.25) is 0 Å². The predicted molar refractivity (Wildman–Crippen MR) is 108 cm³/mol. The number of esters is 1. The Morgan fingerprint density at radius 2 is 2.07 bits per heavy atom. The quantitative estimate of drug-likeness (QED) is 0.520. The summed E-state index contributed by atoms with van der Waals surface area (Å²) in [5, 5.41) is 0.572. The molecule has 2 aromatic heterocycles. The number of hydrogen-bond donors (Lipinski definition) is 1. The van der Waals surface area contributed by atoms with E-state index in [1.54, 1.807) is 31.3 Å². The lowest BCUT2D eigenvalue weighted by Crippen LogP contribution is -2.25. The Morgan fingerprint density at radius 3 is 2.74 bits per heavy atom. The SMILES string of the molecule is CCOC(=O)c1oc2ccc(S(=O)(=O)NCCc3ccc(Br)s3)cc2c1C. The Labute approximate surface area is 169 Å². The van der Waals surface area contributed by atoms with Crippen molar-refractivity contribution in [2.75, 3.05) is 13.2 Å². The summed E-state index contributed by atoms with van der Waals surface area (Å²) < 4.78 is 39.3. The van der Waals surface area contributed by atoms with Crippen LogP contribution in [0.25, 0.3) is 11.0 Å². The zero-order valence-corrected chi connectivity index (χ0v) is 18.0. The molecule has 3 aromatic rings. The fraction of sp³-hybridized carbons (Fsp3) is 0.278. The third kappa shape index (κ3) is 4.43. The van der Waals surface area contributed by atoms with Crippen molar-refractivity contribution in [3.8, 4) is 0 Å². The van der Waals surface area contributed by atoms with Crippen molar-refractivity contribution in [1.29, 1.82) is 0 Å². The van der Waals surface area contributed by atoms with Crippen LogP contribution in [0.15, 0.2) is 43.4 Å². The number of ether oxygens (including phenoxy) is 1. The van der Waals surface area contributed by atoms with Crippen molar-refractivity contribution in [3.05, 3.63) is 50.3 Å². The molecule has 2 heterocycles. The zero-order chi connectivity index (χ0) is 19.6. The number of carbonyl (C=O) groups is 1. The van der Waals surface area contributed by atoms with Gasteiger partial charge in [0, 0.05) is 22.4 Å². The topological polar surface area (TPSA) is 85.6 Å². The summed E-state index contributed by atoms with van der Waals surface area (Å²) in [6.07, 6.45) is 0.607. The summed E-state index contributed by atoms with van der Waals surface area (Å²) in [7, 11) is -3.67. The largest absolute Gasteiger partial charge is 0.460 e. The van der Waals surface area contributed by atoms with Crippen molar-refractivity contribution in [1.82, 2.24) is 4.72 Å². The average molecular weight is 472 g/mol. The number of furan rings is 1. The van der Waals surface area contributed by atoms with E-state index in [-0.39, 0.29) is 17.3 Å². The van der Waals surface area contributed by atoms with Crippen LogP contribution < -0.4 is 4.72 Å². The van der Waals surface area contributed by atoms with E-state index in [4.69, 9.17) is 9.15 Å². The second-order valence-electron chi connectivity index (χ2n) is 5.79. The normalized spacial score (nSPS) is 11.8. The third-order valence-electron chi connectivity index (χ3n) is 3.97. The highest BCUT2D eigenvalue weighted by molar-refractivity contribution is 9.11. The fourth-order valence-electron chi connectivity index (χ4n) is 2.64.